The van der Waals surface area contributed by atoms with Gasteiger partial charge in [-0.15, -0.1) is 6.58 Å². The van der Waals surface area contributed by atoms with Gasteiger partial charge in [-0.05, 0) is 12.1 Å². The molecule has 0 radical (unpaired) electrons. The molecule has 0 aliphatic carbocycles. The molecule has 0 bridgehead atoms. The van der Waals surface area contributed by atoms with Gasteiger partial charge in [0.2, 0.25) is 11.8 Å². The molecule has 4 nitrogen and oxygen atoms in total. The van der Waals surface area contributed by atoms with E-state index in [4.69, 9.17) is 0 Å². The van der Waals surface area contributed by atoms with Gasteiger partial charge < -0.3 is 10.2 Å². The van der Waals surface area contributed by atoms with Gasteiger partial charge in [0.25, 0.3) is 0 Å². The van der Waals surface area contributed by atoms with Crippen molar-refractivity contribution in [2.45, 2.75) is 13.3 Å². The summed E-state index contributed by atoms with van der Waals surface area (Å²) in [6.07, 6.45) is 1.46. The Morgan fingerprint density at radius 1 is 1.35 bits per heavy atom. The molecule has 1 aromatic carbocycles. The molecule has 108 valence electrons. The predicted octanol–water partition coefficient (Wildman–Crippen LogP) is 2.01. The lowest BCUT2D eigenvalue weighted by Gasteiger charge is -2.21. The SMILES string of the molecule is C=CCNC(=O)CCN(C(C)=O)c1c(F)cccc1F. The molecule has 6 heteroatoms. The molecule has 0 spiro atoms. The van der Waals surface area contributed by atoms with Crippen molar-refractivity contribution < 1.29 is 18.4 Å². The summed E-state index contributed by atoms with van der Waals surface area (Å²) in [5.41, 5.74) is -0.434. The highest BCUT2D eigenvalue weighted by atomic mass is 19.1. The third-order valence-electron chi connectivity index (χ3n) is 2.59. The van der Waals surface area contributed by atoms with Crippen LogP contribution < -0.4 is 10.2 Å². The number of nitrogens with zero attached hydrogens (tertiary/aromatic N) is 1. The number of nitrogens with one attached hydrogen (secondary N) is 1. The number of benzene rings is 1. The van der Waals surface area contributed by atoms with E-state index in [2.05, 4.69) is 11.9 Å². The van der Waals surface area contributed by atoms with Gasteiger partial charge in [0.05, 0.1) is 0 Å². The number of carbonyl (C=O) groups excluding carboxylic acids is 2. The van der Waals surface area contributed by atoms with Gasteiger partial charge in [0.15, 0.2) is 0 Å². The molecule has 0 saturated heterocycles. The molecule has 0 saturated carbocycles. The highest BCUT2D eigenvalue weighted by Gasteiger charge is 2.20. The minimum atomic E-state index is -0.841. The molecule has 0 aromatic heterocycles. The number of anilines is 1. The first-order valence-electron chi connectivity index (χ1n) is 6.07. The molecule has 2 amide bonds. The van der Waals surface area contributed by atoms with Crippen LogP contribution in [0.3, 0.4) is 0 Å². The Morgan fingerprint density at radius 3 is 2.45 bits per heavy atom. The van der Waals surface area contributed by atoms with E-state index in [1.54, 1.807) is 0 Å². The number of para-hydroxylation sites is 1. The summed E-state index contributed by atoms with van der Waals surface area (Å²) in [6.45, 7) is 4.83. The average Bonchev–Trinajstić information content (AvgIpc) is 2.39. The summed E-state index contributed by atoms with van der Waals surface area (Å²) in [6, 6.07) is 3.33. The smallest absolute Gasteiger partial charge is 0.224 e. The topological polar surface area (TPSA) is 49.4 Å². The van der Waals surface area contributed by atoms with Crippen LogP contribution in [0.15, 0.2) is 30.9 Å². The normalized spacial score (nSPS) is 9.95. The second kappa shape index (κ2) is 7.37. The maximum Gasteiger partial charge on any atom is 0.224 e. The summed E-state index contributed by atoms with van der Waals surface area (Å²) < 4.78 is 27.3. The second-order valence-electron chi connectivity index (χ2n) is 4.08. The number of carbonyl (C=O) groups is 2. The molecule has 0 unspecified atom stereocenters. The van der Waals surface area contributed by atoms with Gasteiger partial charge in [0, 0.05) is 26.4 Å². The van der Waals surface area contributed by atoms with Crippen molar-refractivity contribution in [2.75, 3.05) is 18.0 Å². The summed E-state index contributed by atoms with van der Waals surface area (Å²) >= 11 is 0. The Hall–Kier alpha value is -2.24. The van der Waals surface area contributed by atoms with E-state index in [0.717, 1.165) is 17.0 Å². The Morgan fingerprint density at radius 2 is 1.95 bits per heavy atom. The van der Waals surface area contributed by atoms with Crippen molar-refractivity contribution in [3.05, 3.63) is 42.5 Å². The van der Waals surface area contributed by atoms with Crippen molar-refractivity contribution >= 4 is 17.5 Å². The molecule has 1 N–H and O–H groups in total. The minimum absolute atomic E-state index is 0.0544. The van der Waals surface area contributed by atoms with Gasteiger partial charge in [-0.25, -0.2) is 8.78 Å². The van der Waals surface area contributed by atoms with Crippen molar-refractivity contribution in [1.82, 2.24) is 5.32 Å². The largest absolute Gasteiger partial charge is 0.353 e. The number of amides is 2. The van der Waals surface area contributed by atoms with Crippen molar-refractivity contribution in [3.63, 3.8) is 0 Å². The standard InChI is InChI=1S/C14H16F2N2O2/c1-3-8-17-13(20)7-9-18(10(2)19)14-11(15)5-4-6-12(14)16/h3-6H,1,7-9H2,2H3,(H,17,20). The molecular weight excluding hydrogens is 266 g/mol. The van der Waals surface area contributed by atoms with Crippen molar-refractivity contribution in [3.8, 4) is 0 Å². The first-order valence-corrected chi connectivity index (χ1v) is 6.07. The molecule has 0 aliphatic rings. The van der Waals surface area contributed by atoms with Crippen LogP contribution in [-0.2, 0) is 9.59 Å². The maximum atomic E-state index is 13.6. The quantitative estimate of drug-likeness (QED) is 0.811. The Bertz CT molecular complexity index is 498. The fourth-order valence-electron chi connectivity index (χ4n) is 1.66. The van der Waals surface area contributed by atoms with Crippen LogP contribution in [0.2, 0.25) is 0 Å². The minimum Gasteiger partial charge on any atom is -0.353 e. The summed E-state index contributed by atoms with van der Waals surface area (Å²) in [4.78, 5) is 23.9. The molecule has 0 aliphatic heterocycles. The molecule has 0 fully saturated rings. The van der Waals surface area contributed by atoms with Crippen molar-refractivity contribution in [1.29, 1.82) is 0 Å². The molecule has 0 atom stereocenters. The number of rotatable bonds is 6. The summed E-state index contributed by atoms with van der Waals surface area (Å²) in [5, 5.41) is 2.52. The fourth-order valence-corrected chi connectivity index (χ4v) is 1.66. The lowest BCUT2D eigenvalue weighted by Crippen LogP contribution is -2.35. The Balaban J connectivity index is 2.83. The van der Waals surface area contributed by atoms with Gasteiger partial charge in [-0.2, -0.15) is 0 Å². The molecule has 0 heterocycles. The van der Waals surface area contributed by atoms with E-state index in [0.29, 0.717) is 6.54 Å². The Kier molecular flexibility index (Phi) is 5.83. The van der Waals surface area contributed by atoms with E-state index in [-0.39, 0.29) is 18.9 Å². The molecule has 1 rings (SSSR count). The Labute approximate surface area is 116 Å². The van der Waals surface area contributed by atoms with Crippen LogP contribution in [0.5, 0.6) is 0 Å². The van der Waals surface area contributed by atoms with Gasteiger partial charge in [-0.1, -0.05) is 12.1 Å². The second-order valence-corrected chi connectivity index (χ2v) is 4.08. The maximum absolute atomic E-state index is 13.6. The van der Waals surface area contributed by atoms with Crippen LogP contribution in [0, 0.1) is 11.6 Å². The predicted molar refractivity (Wildman–Crippen MR) is 72.2 cm³/mol. The number of hydrogen-bond donors (Lipinski definition) is 1. The number of halogens is 2. The van der Waals surface area contributed by atoms with E-state index < -0.39 is 23.2 Å². The summed E-state index contributed by atoms with van der Waals surface area (Å²) in [7, 11) is 0. The highest BCUT2D eigenvalue weighted by Crippen LogP contribution is 2.23. The van der Waals surface area contributed by atoms with Crippen LogP contribution in [-0.4, -0.2) is 24.9 Å². The zero-order chi connectivity index (χ0) is 15.1. The van der Waals surface area contributed by atoms with Crippen LogP contribution >= 0.6 is 0 Å². The van der Waals surface area contributed by atoms with E-state index >= 15 is 0 Å². The molecule has 20 heavy (non-hydrogen) atoms. The molecular formula is C14H16F2N2O2. The van der Waals surface area contributed by atoms with Crippen LogP contribution in [0.1, 0.15) is 13.3 Å². The lowest BCUT2D eigenvalue weighted by molar-refractivity contribution is -0.120. The first-order chi connectivity index (χ1) is 9.47. The van der Waals surface area contributed by atoms with Gasteiger partial charge in [0.1, 0.15) is 17.3 Å². The van der Waals surface area contributed by atoms with E-state index in [9.17, 15) is 18.4 Å². The first kappa shape index (κ1) is 15.8. The van der Waals surface area contributed by atoms with Gasteiger partial charge >= 0.3 is 0 Å². The van der Waals surface area contributed by atoms with Crippen LogP contribution in [0.25, 0.3) is 0 Å². The van der Waals surface area contributed by atoms with Crippen molar-refractivity contribution in [2.24, 2.45) is 0 Å². The van der Waals surface area contributed by atoms with Crippen LogP contribution in [0.4, 0.5) is 14.5 Å². The third kappa shape index (κ3) is 4.15. The van der Waals surface area contributed by atoms with Gasteiger partial charge in [-0.3, -0.25) is 9.59 Å². The zero-order valence-electron chi connectivity index (χ0n) is 11.2. The van der Waals surface area contributed by atoms with E-state index in [1.165, 1.54) is 19.1 Å². The fraction of sp³-hybridized carbons (Fsp3) is 0.286. The molecule has 1 aromatic rings. The van der Waals surface area contributed by atoms with E-state index in [1.807, 2.05) is 0 Å². The summed E-state index contributed by atoms with van der Waals surface area (Å²) in [5.74, 6) is -2.54. The monoisotopic (exact) mass is 282 g/mol. The lowest BCUT2D eigenvalue weighted by atomic mass is 10.2. The zero-order valence-corrected chi connectivity index (χ0v) is 11.2. The average molecular weight is 282 g/mol. The highest BCUT2D eigenvalue weighted by molar-refractivity contribution is 5.92. The third-order valence-corrected chi connectivity index (χ3v) is 2.59. The number of hydrogen-bond acceptors (Lipinski definition) is 2.